The van der Waals surface area contributed by atoms with Crippen LogP contribution in [0.15, 0.2) is 6.20 Å². The summed E-state index contributed by atoms with van der Waals surface area (Å²) in [6, 6.07) is -0.592. The fourth-order valence-corrected chi connectivity index (χ4v) is 4.79. The van der Waals surface area contributed by atoms with Gasteiger partial charge in [-0.15, -0.1) is 0 Å². The van der Waals surface area contributed by atoms with Crippen molar-refractivity contribution >= 4 is 21.4 Å². The second-order valence-corrected chi connectivity index (χ2v) is 7.37. The minimum atomic E-state index is -3.12. The number of hydrogen-bond donors (Lipinski definition) is 1. The van der Waals surface area contributed by atoms with Crippen molar-refractivity contribution in [2.45, 2.75) is 44.0 Å². The molecular formula is C11H18ClN3O2S. The van der Waals surface area contributed by atoms with Crippen LogP contribution < -0.4 is 5.73 Å². The van der Waals surface area contributed by atoms with Crippen molar-refractivity contribution < 1.29 is 8.42 Å². The molecule has 2 unspecified atom stereocenters. The van der Waals surface area contributed by atoms with E-state index in [1.54, 1.807) is 4.68 Å². The standard InChI is InChI=1S/C11H18ClN3O2S/c1-2-15-11(8(12)7-14-15)10(13)9-5-3-4-6-18(9,16)17/h7,9-10H,2-6,13H2,1H3. The minimum absolute atomic E-state index is 0.225. The molecule has 1 aromatic heterocycles. The summed E-state index contributed by atoms with van der Waals surface area (Å²) in [5, 5.41) is 4.02. The van der Waals surface area contributed by atoms with Crippen LogP contribution in [0.1, 0.15) is 37.9 Å². The van der Waals surface area contributed by atoms with Crippen LogP contribution in [-0.2, 0) is 16.4 Å². The van der Waals surface area contributed by atoms with E-state index in [-0.39, 0.29) is 5.75 Å². The molecule has 18 heavy (non-hydrogen) atoms. The minimum Gasteiger partial charge on any atom is -0.322 e. The molecule has 1 fully saturated rings. The van der Waals surface area contributed by atoms with Crippen molar-refractivity contribution in [1.82, 2.24) is 9.78 Å². The molecule has 102 valence electrons. The summed E-state index contributed by atoms with van der Waals surface area (Å²) < 4.78 is 25.8. The van der Waals surface area contributed by atoms with Gasteiger partial charge in [-0.05, 0) is 19.8 Å². The Morgan fingerprint density at radius 2 is 2.33 bits per heavy atom. The van der Waals surface area contributed by atoms with E-state index in [1.165, 1.54) is 6.20 Å². The first kappa shape index (κ1) is 13.8. The molecule has 2 N–H and O–H groups in total. The molecule has 7 heteroatoms. The van der Waals surface area contributed by atoms with E-state index in [0.717, 1.165) is 12.8 Å². The van der Waals surface area contributed by atoms with Gasteiger partial charge in [-0.3, -0.25) is 4.68 Å². The molecule has 5 nitrogen and oxygen atoms in total. The third-order valence-electron chi connectivity index (χ3n) is 3.48. The predicted octanol–water partition coefficient (Wildman–Crippen LogP) is 1.52. The van der Waals surface area contributed by atoms with Gasteiger partial charge in [0.1, 0.15) is 0 Å². The van der Waals surface area contributed by atoms with Crippen molar-refractivity contribution in [3.05, 3.63) is 16.9 Å². The highest BCUT2D eigenvalue weighted by Gasteiger charge is 2.36. The van der Waals surface area contributed by atoms with E-state index in [1.807, 2.05) is 6.92 Å². The molecule has 2 atom stereocenters. The lowest BCUT2D eigenvalue weighted by Gasteiger charge is -2.28. The molecule has 0 radical (unpaired) electrons. The van der Waals surface area contributed by atoms with E-state index in [4.69, 9.17) is 17.3 Å². The van der Waals surface area contributed by atoms with Crippen LogP contribution in [0.5, 0.6) is 0 Å². The van der Waals surface area contributed by atoms with Gasteiger partial charge in [0.15, 0.2) is 9.84 Å². The average Bonchev–Trinajstić information content (AvgIpc) is 2.69. The molecule has 1 aliphatic rings. The Bertz CT molecular complexity index is 526. The maximum atomic E-state index is 12.1. The van der Waals surface area contributed by atoms with Crippen LogP contribution in [0, 0.1) is 0 Å². The number of aromatic nitrogens is 2. The lowest BCUT2D eigenvalue weighted by atomic mass is 10.0. The number of nitrogens with zero attached hydrogens (tertiary/aromatic N) is 2. The van der Waals surface area contributed by atoms with E-state index in [2.05, 4.69) is 5.10 Å². The molecule has 0 spiro atoms. The average molecular weight is 292 g/mol. The lowest BCUT2D eigenvalue weighted by Crippen LogP contribution is -2.39. The smallest absolute Gasteiger partial charge is 0.155 e. The van der Waals surface area contributed by atoms with Gasteiger partial charge in [0.2, 0.25) is 0 Å². The second-order valence-electron chi connectivity index (χ2n) is 4.62. The maximum Gasteiger partial charge on any atom is 0.155 e. The maximum absolute atomic E-state index is 12.1. The number of sulfone groups is 1. The van der Waals surface area contributed by atoms with Crippen LogP contribution in [-0.4, -0.2) is 29.2 Å². The molecule has 1 aliphatic heterocycles. The van der Waals surface area contributed by atoms with Gasteiger partial charge in [-0.1, -0.05) is 18.0 Å². The monoisotopic (exact) mass is 291 g/mol. The van der Waals surface area contributed by atoms with Crippen LogP contribution >= 0.6 is 11.6 Å². The first-order chi connectivity index (χ1) is 8.47. The number of rotatable bonds is 3. The van der Waals surface area contributed by atoms with Gasteiger partial charge < -0.3 is 5.73 Å². The Morgan fingerprint density at radius 1 is 1.61 bits per heavy atom. The fraction of sp³-hybridized carbons (Fsp3) is 0.727. The van der Waals surface area contributed by atoms with Gasteiger partial charge >= 0.3 is 0 Å². The van der Waals surface area contributed by atoms with Crippen LogP contribution in [0.25, 0.3) is 0 Å². The van der Waals surface area contributed by atoms with E-state index >= 15 is 0 Å². The fourth-order valence-electron chi connectivity index (χ4n) is 2.51. The Labute approximate surface area is 112 Å². The zero-order valence-corrected chi connectivity index (χ0v) is 11.9. The summed E-state index contributed by atoms with van der Waals surface area (Å²) >= 11 is 6.07. The first-order valence-electron chi connectivity index (χ1n) is 6.15. The molecule has 0 saturated carbocycles. The normalized spacial score (nSPS) is 24.9. The molecule has 0 aromatic carbocycles. The van der Waals surface area contributed by atoms with E-state index in [9.17, 15) is 8.42 Å². The topological polar surface area (TPSA) is 78.0 Å². The SMILES string of the molecule is CCn1ncc(Cl)c1C(N)C1CCCCS1(=O)=O. The quantitative estimate of drug-likeness (QED) is 0.916. The summed E-state index contributed by atoms with van der Waals surface area (Å²) in [5.41, 5.74) is 6.78. The summed E-state index contributed by atoms with van der Waals surface area (Å²) in [6.45, 7) is 2.55. The summed E-state index contributed by atoms with van der Waals surface area (Å²) in [7, 11) is -3.12. The lowest BCUT2D eigenvalue weighted by molar-refractivity contribution is 0.482. The van der Waals surface area contributed by atoms with Gasteiger partial charge in [0.05, 0.1) is 34.0 Å². The summed E-state index contributed by atoms with van der Waals surface area (Å²) in [6.07, 6.45) is 3.76. The molecular weight excluding hydrogens is 274 g/mol. The highest BCUT2D eigenvalue weighted by atomic mass is 35.5. The van der Waals surface area contributed by atoms with Crippen molar-refractivity contribution in [3.63, 3.8) is 0 Å². The first-order valence-corrected chi connectivity index (χ1v) is 8.25. The zero-order chi connectivity index (χ0) is 13.3. The van der Waals surface area contributed by atoms with E-state index in [0.29, 0.717) is 23.7 Å². The van der Waals surface area contributed by atoms with Gasteiger partial charge in [0, 0.05) is 6.54 Å². The molecule has 0 aliphatic carbocycles. The molecule has 0 bridgehead atoms. The van der Waals surface area contributed by atoms with Gasteiger partial charge in [-0.25, -0.2) is 8.42 Å². The largest absolute Gasteiger partial charge is 0.322 e. The number of aryl methyl sites for hydroxylation is 1. The Morgan fingerprint density at radius 3 is 2.94 bits per heavy atom. The van der Waals surface area contributed by atoms with Crippen molar-refractivity contribution in [2.75, 3.05) is 5.75 Å². The van der Waals surface area contributed by atoms with Crippen LogP contribution in [0.4, 0.5) is 0 Å². The third kappa shape index (κ3) is 2.41. The van der Waals surface area contributed by atoms with Gasteiger partial charge in [0.25, 0.3) is 0 Å². The van der Waals surface area contributed by atoms with Crippen LogP contribution in [0.2, 0.25) is 5.02 Å². The highest BCUT2D eigenvalue weighted by Crippen LogP contribution is 2.32. The van der Waals surface area contributed by atoms with Gasteiger partial charge in [-0.2, -0.15) is 5.10 Å². The summed E-state index contributed by atoms with van der Waals surface area (Å²) in [5.74, 6) is 0.225. The number of halogens is 1. The second kappa shape index (κ2) is 5.19. The zero-order valence-electron chi connectivity index (χ0n) is 10.3. The number of nitrogens with two attached hydrogens (primary N) is 1. The molecule has 0 amide bonds. The molecule has 2 rings (SSSR count). The molecule has 2 heterocycles. The Kier molecular flexibility index (Phi) is 3.99. The number of hydrogen-bond acceptors (Lipinski definition) is 4. The Balaban J connectivity index is 2.35. The summed E-state index contributed by atoms with van der Waals surface area (Å²) in [4.78, 5) is 0. The van der Waals surface area contributed by atoms with Crippen molar-refractivity contribution in [1.29, 1.82) is 0 Å². The highest BCUT2D eigenvalue weighted by molar-refractivity contribution is 7.92. The van der Waals surface area contributed by atoms with E-state index < -0.39 is 21.1 Å². The molecule has 1 saturated heterocycles. The predicted molar refractivity (Wildman–Crippen MR) is 71.3 cm³/mol. The van der Waals surface area contributed by atoms with Crippen molar-refractivity contribution in [2.24, 2.45) is 5.73 Å². The van der Waals surface area contributed by atoms with Crippen molar-refractivity contribution in [3.8, 4) is 0 Å². The Hall–Kier alpha value is -0.590. The molecule has 1 aromatic rings. The van der Waals surface area contributed by atoms with Crippen LogP contribution in [0.3, 0.4) is 0 Å². The third-order valence-corrected chi connectivity index (χ3v) is 6.08.